The Morgan fingerprint density at radius 3 is 2.47 bits per heavy atom. The SMILES string of the molecule is CCCC(OC)C(=O)N1CCN(CC[OH2+])CC1. The van der Waals surface area contributed by atoms with Crippen LogP contribution in [0.3, 0.4) is 0 Å². The lowest BCUT2D eigenvalue weighted by atomic mass is 10.1. The van der Waals surface area contributed by atoms with Crippen molar-refractivity contribution in [1.82, 2.24) is 9.80 Å². The number of methoxy groups -OCH3 is 1. The molecular weight excluding hydrogens is 220 g/mol. The standard InChI is InChI=1S/C12H24N2O3/c1-3-4-11(17-2)12(16)14-7-5-13(6-8-14)9-10-15/h11,15H,3-10H2,1-2H3/p+1. The van der Waals surface area contributed by atoms with E-state index >= 15 is 0 Å². The molecule has 0 radical (unpaired) electrons. The van der Waals surface area contributed by atoms with Crippen LogP contribution in [-0.4, -0.2) is 73.4 Å². The zero-order valence-corrected chi connectivity index (χ0v) is 10.9. The summed E-state index contributed by atoms with van der Waals surface area (Å²) in [6, 6.07) is 0. The highest BCUT2D eigenvalue weighted by atomic mass is 16.5. The van der Waals surface area contributed by atoms with E-state index in [0.717, 1.165) is 45.6 Å². The van der Waals surface area contributed by atoms with Gasteiger partial charge in [-0.3, -0.25) is 9.69 Å². The minimum absolute atomic E-state index is 0.125. The van der Waals surface area contributed by atoms with Crippen molar-refractivity contribution >= 4 is 5.91 Å². The Morgan fingerprint density at radius 2 is 2.00 bits per heavy atom. The number of amides is 1. The number of carbonyl (C=O) groups is 1. The Morgan fingerprint density at radius 1 is 1.35 bits per heavy atom. The lowest BCUT2D eigenvalue weighted by Gasteiger charge is -2.35. The van der Waals surface area contributed by atoms with Crippen molar-refractivity contribution in [3.63, 3.8) is 0 Å². The molecule has 1 aliphatic rings. The molecule has 1 aliphatic heterocycles. The van der Waals surface area contributed by atoms with Gasteiger partial charge in [0.2, 0.25) is 0 Å². The van der Waals surface area contributed by atoms with Crippen molar-refractivity contribution in [2.45, 2.75) is 25.9 Å². The third-order valence-corrected chi connectivity index (χ3v) is 3.22. The summed E-state index contributed by atoms with van der Waals surface area (Å²) in [5.41, 5.74) is 0. The maximum atomic E-state index is 12.1. The summed E-state index contributed by atoms with van der Waals surface area (Å²) >= 11 is 0. The molecule has 1 atom stereocenters. The fourth-order valence-corrected chi connectivity index (χ4v) is 2.16. The average molecular weight is 245 g/mol. The molecule has 1 fully saturated rings. The third kappa shape index (κ3) is 4.26. The lowest BCUT2D eigenvalue weighted by molar-refractivity contribution is -0.144. The van der Waals surface area contributed by atoms with Gasteiger partial charge < -0.3 is 14.7 Å². The van der Waals surface area contributed by atoms with Gasteiger partial charge in [0.25, 0.3) is 5.91 Å². The van der Waals surface area contributed by atoms with E-state index in [0.29, 0.717) is 6.61 Å². The molecule has 1 heterocycles. The number of piperazine rings is 1. The molecule has 0 aliphatic carbocycles. The smallest absolute Gasteiger partial charge is 0.251 e. The molecule has 0 aromatic carbocycles. The molecule has 0 bridgehead atoms. The van der Waals surface area contributed by atoms with Gasteiger partial charge in [0, 0.05) is 33.3 Å². The molecule has 1 saturated heterocycles. The number of hydrogen-bond donors (Lipinski definition) is 0. The van der Waals surface area contributed by atoms with Crippen molar-refractivity contribution in [3.05, 3.63) is 0 Å². The normalized spacial score (nSPS) is 19.4. The van der Waals surface area contributed by atoms with Crippen LogP contribution >= 0.6 is 0 Å². The zero-order chi connectivity index (χ0) is 12.7. The molecule has 5 nitrogen and oxygen atoms in total. The van der Waals surface area contributed by atoms with Gasteiger partial charge in [-0.05, 0) is 6.42 Å². The number of rotatable bonds is 6. The van der Waals surface area contributed by atoms with E-state index in [1.165, 1.54) is 0 Å². The van der Waals surface area contributed by atoms with Crippen molar-refractivity contribution < 1.29 is 14.6 Å². The van der Waals surface area contributed by atoms with Crippen LogP contribution in [0, 0.1) is 0 Å². The molecule has 17 heavy (non-hydrogen) atoms. The summed E-state index contributed by atoms with van der Waals surface area (Å²) in [6.45, 7) is 6.60. The Hall–Kier alpha value is -0.650. The molecule has 1 unspecified atom stereocenters. The fourth-order valence-electron chi connectivity index (χ4n) is 2.16. The molecule has 100 valence electrons. The van der Waals surface area contributed by atoms with Gasteiger partial charge in [0.1, 0.15) is 6.10 Å². The van der Waals surface area contributed by atoms with E-state index in [-0.39, 0.29) is 12.0 Å². The van der Waals surface area contributed by atoms with Crippen molar-refractivity contribution in [2.75, 3.05) is 46.4 Å². The van der Waals surface area contributed by atoms with E-state index in [9.17, 15) is 4.79 Å². The maximum Gasteiger partial charge on any atom is 0.251 e. The van der Waals surface area contributed by atoms with Crippen LogP contribution in [0.4, 0.5) is 0 Å². The summed E-state index contributed by atoms with van der Waals surface area (Å²) in [4.78, 5) is 16.3. The Bertz CT molecular complexity index is 228. The monoisotopic (exact) mass is 245 g/mol. The van der Waals surface area contributed by atoms with Gasteiger partial charge in [-0.2, -0.15) is 0 Å². The van der Waals surface area contributed by atoms with Crippen LogP contribution in [0.25, 0.3) is 0 Å². The van der Waals surface area contributed by atoms with Crippen LogP contribution in [0.15, 0.2) is 0 Å². The van der Waals surface area contributed by atoms with Crippen molar-refractivity contribution in [2.24, 2.45) is 0 Å². The largest absolute Gasteiger partial charge is 0.444 e. The van der Waals surface area contributed by atoms with Crippen LogP contribution in [0.5, 0.6) is 0 Å². The minimum atomic E-state index is -0.275. The van der Waals surface area contributed by atoms with E-state index in [2.05, 4.69) is 11.8 Å². The molecule has 0 saturated carbocycles. The predicted octanol–water partition coefficient (Wildman–Crippen LogP) is -0.330. The topological polar surface area (TPSA) is 55.7 Å². The molecule has 0 aromatic rings. The highest BCUT2D eigenvalue weighted by Gasteiger charge is 2.26. The molecule has 5 heteroatoms. The van der Waals surface area contributed by atoms with Gasteiger partial charge in [0.15, 0.2) is 6.61 Å². The first-order chi connectivity index (χ1) is 8.22. The Labute approximate surface area is 103 Å². The first-order valence-corrected chi connectivity index (χ1v) is 6.41. The number of ether oxygens (including phenoxy) is 1. The van der Waals surface area contributed by atoms with Crippen LogP contribution < -0.4 is 0 Å². The predicted molar refractivity (Wildman–Crippen MR) is 67.2 cm³/mol. The molecule has 0 spiro atoms. The number of nitrogens with zero attached hydrogens (tertiary/aromatic N) is 2. The van der Waals surface area contributed by atoms with E-state index in [1.54, 1.807) is 7.11 Å². The van der Waals surface area contributed by atoms with E-state index in [1.807, 2.05) is 4.90 Å². The van der Waals surface area contributed by atoms with Crippen molar-refractivity contribution in [1.29, 1.82) is 0 Å². The maximum absolute atomic E-state index is 12.1. The van der Waals surface area contributed by atoms with E-state index in [4.69, 9.17) is 9.84 Å². The van der Waals surface area contributed by atoms with Crippen molar-refractivity contribution in [3.8, 4) is 0 Å². The van der Waals surface area contributed by atoms with Gasteiger partial charge in [-0.15, -0.1) is 0 Å². The molecule has 1 amide bonds. The fraction of sp³-hybridized carbons (Fsp3) is 0.917. The minimum Gasteiger partial charge on any atom is -0.444 e. The summed E-state index contributed by atoms with van der Waals surface area (Å²) in [6.07, 6.45) is 1.48. The zero-order valence-electron chi connectivity index (χ0n) is 10.9. The lowest BCUT2D eigenvalue weighted by Crippen LogP contribution is -2.52. The summed E-state index contributed by atoms with van der Waals surface area (Å²) in [5, 5.41) is 7.18. The molecule has 2 N–H and O–H groups in total. The number of hydrogen-bond acceptors (Lipinski definition) is 3. The average Bonchev–Trinajstić information content (AvgIpc) is 2.36. The first kappa shape index (κ1) is 14.4. The Kier molecular flexibility index (Phi) is 6.47. The second-order valence-electron chi connectivity index (χ2n) is 4.43. The van der Waals surface area contributed by atoms with Crippen LogP contribution in [-0.2, 0) is 9.53 Å². The molecule has 0 aromatic heterocycles. The molecular formula is C12H25N2O3+. The molecule has 1 rings (SSSR count). The second kappa shape index (κ2) is 7.63. The highest BCUT2D eigenvalue weighted by Crippen LogP contribution is 2.09. The van der Waals surface area contributed by atoms with Gasteiger partial charge in [-0.25, -0.2) is 0 Å². The third-order valence-electron chi connectivity index (χ3n) is 3.22. The quantitative estimate of drug-likeness (QED) is 0.602. The number of carbonyl (C=O) groups excluding carboxylic acids is 1. The highest BCUT2D eigenvalue weighted by molar-refractivity contribution is 5.81. The summed E-state index contributed by atoms with van der Waals surface area (Å²) < 4.78 is 5.25. The van der Waals surface area contributed by atoms with Crippen LogP contribution in [0.2, 0.25) is 0 Å². The van der Waals surface area contributed by atoms with Crippen LogP contribution in [0.1, 0.15) is 19.8 Å². The summed E-state index contributed by atoms with van der Waals surface area (Å²) in [5.74, 6) is 0.125. The Balaban J connectivity index is 2.39. The van der Waals surface area contributed by atoms with Gasteiger partial charge >= 0.3 is 0 Å². The first-order valence-electron chi connectivity index (χ1n) is 6.41. The van der Waals surface area contributed by atoms with E-state index < -0.39 is 0 Å². The van der Waals surface area contributed by atoms with Gasteiger partial charge in [0.05, 0.1) is 6.54 Å². The summed E-state index contributed by atoms with van der Waals surface area (Å²) in [7, 11) is 1.61. The second-order valence-corrected chi connectivity index (χ2v) is 4.43. The van der Waals surface area contributed by atoms with Gasteiger partial charge in [-0.1, -0.05) is 13.3 Å².